The van der Waals surface area contributed by atoms with Crippen molar-refractivity contribution in [1.29, 1.82) is 0 Å². The molecule has 0 saturated heterocycles. The summed E-state index contributed by atoms with van der Waals surface area (Å²) >= 11 is 5.78. The average Bonchev–Trinajstić information content (AvgIpc) is 2.29. The highest BCUT2D eigenvalue weighted by Crippen LogP contribution is 2.17. The summed E-state index contributed by atoms with van der Waals surface area (Å²) in [7, 11) is 0. The lowest BCUT2D eigenvalue weighted by Gasteiger charge is -2.25. The molecule has 0 heterocycles. The molecule has 0 aliphatic heterocycles. The Morgan fingerprint density at radius 1 is 1.29 bits per heavy atom. The largest absolute Gasteiger partial charge is 0.481 e. The second-order valence-corrected chi connectivity index (χ2v) is 6.28. The van der Waals surface area contributed by atoms with Crippen LogP contribution < -0.4 is 5.73 Å². The molecular weight excluding hydrogens is 294 g/mol. The molecule has 6 heteroatoms. The number of nitrogens with two attached hydrogens (primary N) is 1. The summed E-state index contributed by atoms with van der Waals surface area (Å²) < 4.78 is 5.12. The van der Waals surface area contributed by atoms with Gasteiger partial charge in [-0.25, -0.2) is 0 Å². The minimum Gasteiger partial charge on any atom is -0.481 e. The topological polar surface area (TPSA) is 89.6 Å². The van der Waals surface area contributed by atoms with E-state index in [-0.39, 0.29) is 6.42 Å². The van der Waals surface area contributed by atoms with Gasteiger partial charge in [-0.05, 0) is 44.9 Å². The second kappa shape index (κ2) is 6.91. The summed E-state index contributed by atoms with van der Waals surface area (Å²) in [4.78, 5) is 23.3. The summed E-state index contributed by atoms with van der Waals surface area (Å²) in [6.07, 6.45) is 0.243. The number of benzene rings is 1. The van der Waals surface area contributed by atoms with Gasteiger partial charge in [0.25, 0.3) is 0 Å². The molecule has 0 aliphatic rings. The number of halogens is 1. The van der Waals surface area contributed by atoms with Crippen molar-refractivity contribution in [3.8, 4) is 0 Å². The molecule has 2 atom stereocenters. The maximum absolute atomic E-state index is 12.0. The minimum absolute atomic E-state index is 0.243. The molecule has 116 valence electrons. The maximum atomic E-state index is 12.0. The van der Waals surface area contributed by atoms with E-state index < -0.39 is 29.5 Å². The Morgan fingerprint density at radius 2 is 1.81 bits per heavy atom. The molecule has 0 saturated carbocycles. The molecule has 1 aromatic rings. The van der Waals surface area contributed by atoms with Crippen molar-refractivity contribution in [2.24, 2.45) is 11.7 Å². The first kappa shape index (κ1) is 17.5. The van der Waals surface area contributed by atoms with E-state index in [4.69, 9.17) is 22.1 Å². The quantitative estimate of drug-likeness (QED) is 0.643. The van der Waals surface area contributed by atoms with Crippen LogP contribution in [0.1, 0.15) is 26.3 Å². The van der Waals surface area contributed by atoms with Crippen LogP contribution in [0.5, 0.6) is 0 Å². The lowest BCUT2D eigenvalue weighted by molar-refractivity contribution is -0.167. The molecule has 21 heavy (non-hydrogen) atoms. The van der Waals surface area contributed by atoms with E-state index in [1.807, 2.05) is 0 Å². The van der Waals surface area contributed by atoms with E-state index in [0.29, 0.717) is 5.02 Å². The standard InChI is InChI=1S/C15H20ClNO4/c1-15(2,3)21-14(20)12(13(18)19)11(17)8-9-4-6-10(16)7-5-9/h4-7,11-12H,8,17H2,1-3H3,(H,18,19)/t11-,12-/m0/s1. The Labute approximate surface area is 129 Å². The van der Waals surface area contributed by atoms with Crippen molar-refractivity contribution >= 4 is 23.5 Å². The van der Waals surface area contributed by atoms with Crippen LogP contribution in [-0.4, -0.2) is 28.7 Å². The zero-order valence-corrected chi connectivity index (χ0v) is 13.1. The van der Waals surface area contributed by atoms with Gasteiger partial charge in [-0.2, -0.15) is 0 Å². The summed E-state index contributed by atoms with van der Waals surface area (Å²) in [6, 6.07) is 5.99. The molecule has 0 radical (unpaired) electrons. The number of carboxylic acid groups (broad SMARTS) is 1. The van der Waals surface area contributed by atoms with Crippen LogP contribution >= 0.6 is 11.6 Å². The van der Waals surface area contributed by atoms with Gasteiger partial charge >= 0.3 is 11.9 Å². The number of hydrogen-bond donors (Lipinski definition) is 2. The third-order valence-electron chi connectivity index (χ3n) is 2.74. The Hall–Kier alpha value is -1.59. The van der Waals surface area contributed by atoms with Gasteiger partial charge in [-0.15, -0.1) is 0 Å². The van der Waals surface area contributed by atoms with Gasteiger partial charge in [0.1, 0.15) is 5.60 Å². The van der Waals surface area contributed by atoms with Gasteiger partial charge in [0.15, 0.2) is 5.92 Å². The number of carboxylic acids is 1. The lowest BCUT2D eigenvalue weighted by Crippen LogP contribution is -2.45. The molecule has 0 amide bonds. The van der Waals surface area contributed by atoms with E-state index >= 15 is 0 Å². The Morgan fingerprint density at radius 3 is 2.24 bits per heavy atom. The third kappa shape index (κ3) is 5.73. The number of carbonyl (C=O) groups is 2. The molecule has 1 aromatic carbocycles. The molecule has 0 unspecified atom stereocenters. The van der Waals surface area contributed by atoms with Crippen molar-refractivity contribution in [1.82, 2.24) is 0 Å². The molecule has 1 rings (SSSR count). The summed E-state index contributed by atoms with van der Waals surface area (Å²) in [5, 5.41) is 9.81. The predicted octanol–water partition coefficient (Wildman–Crippen LogP) is 2.25. The van der Waals surface area contributed by atoms with E-state index in [1.54, 1.807) is 45.0 Å². The van der Waals surface area contributed by atoms with E-state index in [9.17, 15) is 14.7 Å². The zero-order valence-electron chi connectivity index (χ0n) is 12.3. The van der Waals surface area contributed by atoms with Crippen molar-refractivity contribution in [2.45, 2.75) is 38.8 Å². The van der Waals surface area contributed by atoms with Gasteiger partial charge < -0.3 is 15.6 Å². The van der Waals surface area contributed by atoms with Crippen LogP contribution in [0.3, 0.4) is 0 Å². The van der Waals surface area contributed by atoms with Gasteiger partial charge in [-0.3, -0.25) is 9.59 Å². The summed E-state index contributed by atoms with van der Waals surface area (Å²) in [5.74, 6) is -3.51. The molecule has 3 N–H and O–H groups in total. The molecule has 0 spiro atoms. The highest BCUT2D eigenvalue weighted by atomic mass is 35.5. The number of rotatable bonds is 5. The first-order valence-corrected chi connectivity index (χ1v) is 6.93. The van der Waals surface area contributed by atoms with Gasteiger partial charge in [-0.1, -0.05) is 23.7 Å². The van der Waals surface area contributed by atoms with Crippen molar-refractivity contribution < 1.29 is 19.4 Å². The zero-order chi connectivity index (χ0) is 16.2. The number of ether oxygens (including phenoxy) is 1. The van der Waals surface area contributed by atoms with Crippen LogP contribution in [0, 0.1) is 5.92 Å². The van der Waals surface area contributed by atoms with Crippen LogP contribution in [-0.2, 0) is 20.7 Å². The third-order valence-corrected chi connectivity index (χ3v) is 2.99. The number of carbonyl (C=O) groups excluding carboxylic acids is 1. The van der Waals surface area contributed by atoms with E-state index in [2.05, 4.69) is 0 Å². The summed E-state index contributed by atoms with van der Waals surface area (Å²) in [5.41, 5.74) is 5.94. The molecule has 5 nitrogen and oxygen atoms in total. The van der Waals surface area contributed by atoms with Crippen LogP contribution in [0.25, 0.3) is 0 Å². The number of hydrogen-bond acceptors (Lipinski definition) is 4. The Balaban J connectivity index is 2.82. The molecule has 0 aliphatic carbocycles. The predicted molar refractivity (Wildman–Crippen MR) is 80.1 cm³/mol. The van der Waals surface area contributed by atoms with Gasteiger partial charge in [0, 0.05) is 11.1 Å². The SMILES string of the molecule is CC(C)(C)OC(=O)[C@H](C(=O)O)[C@@H](N)Cc1ccc(Cl)cc1. The van der Waals surface area contributed by atoms with Crippen molar-refractivity contribution in [2.75, 3.05) is 0 Å². The van der Waals surface area contributed by atoms with Crippen molar-refractivity contribution in [3.63, 3.8) is 0 Å². The first-order valence-electron chi connectivity index (χ1n) is 6.56. The smallest absolute Gasteiger partial charge is 0.322 e. The molecule has 0 fully saturated rings. The highest BCUT2D eigenvalue weighted by Gasteiger charge is 2.36. The van der Waals surface area contributed by atoms with Crippen molar-refractivity contribution in [3.05, 3.63) is 34.9 Å². The fourth-order valence-electron chi connectivity index (χ4n) is 1.83. The minimum atomic E-state index is -1.40. The fourth-order valence-corrected chi connectivity index (χ4v) is 1.96. The Bertz CT molecular complexity index is 507. The number of aliphatic carboxylic acids is 1. The molecular formula is C15H20ClNO4. The normalized spacial score (nSPS) is 14.3. The van der Waals surface area contributed by atoms with E-state index in [0.717, 1.165) is 5.56 Å². The van der Waals surface area contributed by atoms with Crippen LogP contribution in [0.2, 0.25) is 5.02 Å². The summed E-state index contributed by atoms with van der Waals surface area (Å²) in [6.45, 7) is 5.03. The molecule has 0 aromatic heterocycles. The van der Waals surface area contributed by atoms with Gasteiger partial charge in [0.05, 0.1) is 0 Å². The average molecular weight is 314 g/mol. The van der Waals surface area contributed by atoms with Crippen LogP contribution in [0.4, 0.5) is 0 Å². The monoisotopic (exact) mass is 313 g/mol. The second-order valence-electron chi connectivity index (χ2n) is 5.84. The lowest BCUT2D eigenvalue weighted by atomic mass is 9.94. The highest BCUT2D eigenvalue weighted by molar-refractivity contribution is 6.30. The van der Waals surface area contributed by atoms with Gasteiger partial charge in [0.2, 0.25) is 0 Å². The Kier molecular flexibility index (Phi) is 5.75. The fraction of sp³-hybridized carbons (Fsp3) is 0.467. The molecule has 0 bridgehead atoms. The maximum Gasteiger partial charge on any atom is 0.322 e. The number of esters is 1. The first-order chi connectivity index (χ1) is 9.60. The van der Waals surface area contributed by atoms with E-state index in [1.165, 1.54) is 0 Å². The van der Waals surface area contributed by atoms with Crippen LogP contribution in [0.15, 0.2) is 24.3 Å².